The van der Waals surface area contributed by atoms with E-state index in [9.17, 15) is 4.79 Å². The second-order valence-electron chi connectivity index (χ2n) is 3.74. The van der Waals surface area contributed by atoms with Crippen molar-refractivity contribution in [1.29, 1.82) is 0 Å². The van der Waals surface area contributed by atoms with Crippen molar-refractivity contribution in [3.05, 3.63) is 54.3 Å². The van der Waals surface area contributed by atoms with E-state index >= 15 is 0 Å². The van der Waals surface area contributed by atoms with E-state index < -0.39 is 6.03 Å². The molecule has 0 aliphatic rings. The minimum absolute atomic E-state index is 0.0273. The lowest BCUT2D eigenvalue weighted by molar-refractivity contribution is 0.245. The maximum absolute atomic E-state index is 11.5. The van der Waals surface area contributed by atoms with Crippen LogP contribution in [0.4, 0.5) is 10.7 Å². The first-order chi connectivity index (χ1) is 9.24. The van der Waals surface area contributed by atoms with Gasteiger partial charge in [-0.1, -0.05) is 30.3 Å². The Morgan fingerprint density at radius 3 is 2.68 bits per heavy atom. The molecule has 2 aromatic rings. The van der Waals surface area contributed by atoms with Gasteiger partial charge in [-0.25, -0.2) is 4.79 Å². The van der Waals surface area contributed by atoms with Crippen LogP contribution >= 0.6 is 0 Å². The Bertz CT molecular complexity index is 549. The van der Waals surface area contributed by atoms with E-state index in [0.717, 1.165) is 5.56 Å². The number of benzene rings is 1. The van der Waals surface area contributed by atoms with Crippen LogP contribution in [0.25, 0.3) is 0 Å². The molecular weight excluding hydrogens is 244 g/mol. The monoisotopic (exact) mass is 258 g/mol. The largest absolute Gasteiger partial charge is 0.447 e. The Labute approximate surface area is 110 Å². The molecule has 0 aliphatic heterocycles. The summed E-state index contributed by atoms with van der Waals surface area (Å²) >= 11 is 0. The zero-order valence-electron chi connectivity index (χ0n) is 10.2. The van der Waals surface area contributed by atoms with Crippen LogP contribution in [0.15, 0.2) is 58.1 Å². The van der Waals surface area contributed by atoms with Gasteiger partial charge in [0, 0.05) is 12.6 Å². The van der Waals surface area contributed by atoms with E-state index in [1.165, 1.54) is 6.26 Å². The van der Waals surface area contributed by atoms with E-state index in [0.29, 0.717) is 12.4 Å². The molecule has 19 heavy (non-hydrogen) atoms. The van der Waals surface area contributed by atoms with Crippen molar-refractivity contribution in [2.24, 2.45) is 10.7 Å². The van der Waals surface area contributed by atoms with E-state index in [4.69, 9.17) is 10.2 Å². The third-order valence-electron chi connectivity index (χ3n) is 2.27. The number of carbonyl (C=O) groups is 1. The molecule has 6 nitrogen and oxygen atoms in total. The molecule has 0 atom stereocenters. The van der Waals surface area contributed by atoms with Crippen LogP contribution in [0.5, 0.6) is 0 Å². The highest BCUT2D eigenvalue weighted by atomic mass is 16.3. The number of amides is 2. The topological polar surface area (TPSA) is 92.7 Å². The number of aliphatic imine (C=N–C) groups is 1. The van der Waals surface area contributed by atoms with Crippen LogP contribution in [0, 0.1) is 0 Å². The average molecular weight is 258 g/mol. The standard InChI is InChI=1S/C13H14N4O2/c14-12(16-11-7-4-8-19-11)17-13(18)15-9-10-5-2-1-3-6-10/h1-8H,9H2,(H4,14,15,16,17,18). The van der Waals surface area contributed by atoms with Gasteiger partial charge in [-0.15, -0.1) is 0 Å². The number of nitrogens with two attached hydrogens (primary N) is 1. The number of guanidine groups is 1. The zero-order chi connectivity index (χ0) is 13.5. The first-order valence-corrected chi connectivity index (χ1v) is 5.70. The maximum Gasteiger partial charge on any atom is 0.321 e. The molecule has 4 N–H and O–H groups in total. The quantitative estimate of drug-likeness (QED) is 0.578. The molecule has 98 valence electrons. The Hall–Kier alpha value is -2.76. The highest BCUT2D eigenvalue weighted by Crippen LogP contribution is 2.09. The average Bonchev–Trinajstić information content (AvgIpc) is 2.90. The molecule has 0 aliphatic carbocycles. The van der Waals surface area contributed by atoms with Crippen molar-refractivity contribution in [3.8, 4) is 0 Å². The summed E-state index contributed by atoms with van der Waals surface area (Å²) in [6, 6.07) is 12.5. The summed E-state index contributed by atoms with van der Waals surface area (Å²) in [6.45, 7) is 0.417. The lowest BCUT2D eigenvalue weighted by Crippen LogP contribution is -2.42. The van der Waals surface area contributed by atoms with Gasteiger partial charge < -0.3 is 15.5 Å². The molecule has 1 aromatic heterocycles. The summed E-state index contributed by atoms with van der Waals surface area (Å²) in [4.78, 5) is 15.4. The third-order valence-corrected chi connectivity index (χ3v) is 2.27. The Kier molecular flexibility index (Phi) is 4.17. The number of urea groups is 1. The van der Waals surface area contributed by atoms with Crippen LogP contribution in [0.1, 0.15) is 5.56 Å². The van der Waals surface area contributed by atoms with E-state index in [1.54, 1.807) is 12.1 Å². The van der Waals surface area contributed by atoms with Crippen LogP contribution in [0.2, 0.25) is 0 Å². The van der Waals surface area contributed by atoms with Gasteiger partial charge in [-0.2, -0.15) is 4.99 Å². The summed E-state index contributed by atoms with van der Waals surface area (Å²) < 4.78 is 4.98. The van der Waals surface area contributed by atoms with E-state index in [2.05, 4.69) is 15.6 Å². The second kappa shape index (κ2) is 6.25. The third kappa shape index (κ3) is 4.19. The van der Waals surface area contributed by atoms with Crippen molar-refractivity contribution in [3.63, 3.8) is 0 Å². The summed E-state index contributed by atoms with van der Waals surface area (Å²) in [5.41, 5.74) is 6.55. The van der Waals surface area contributed by atoms with Crippen LogP contribution in [-0.4, -0.2) is 12.0 Å². The number of nitrogens with one attached hydrogen (secondary N) is 2. The number of furan rings is 1. The highest BCUT2D eigenvalue weighted by Gasteiger charge is 2.03. The molecule has 6 heteroatoms. The maximum atomic E-state index is 11.5. The highest BCUT2D eigenvalue weighted by molar-refractivity contribution is 5.96. The smallest absolute Gasteiger partial charge is 0.321 e. The number of nitrogens with zero attached hydrogens (tertiary/aromatic N) is 1. The van der Waals surface area contributed by atoms with Crippen LogP contribution in [-0.2, 0) is 6.54 Å². The molecule has 1 aromatic carbocycles. The summed E-state index contributed by atoms with van der Waals surface area (Å²) in [5.74, 6) is 0.307. The predicted molar refractivity (Wildman–Crippen MR) is 71.8 cm³/mol. The van der Waals surface area contributed by atoms with Gasteiger partial charge in [0.25, 0.3) is 0 Å². The minimum Gasteiger partial charge on any atom is -0.447 e. The van der Waals surface area contributed by atoms with Gasteiger partial charge in [-0.3, -0.25) is 5.32 Å². The predicted octanol–water partition coefficient (Wildman–Crippen LogP) is 1.73. The van der Waals surface area contributed by atoms with E-state index in [1.807, 2.05) is 30.3 Å². The summed E-state index contributed by atoms with van der Waals surface area (Å²) in [5, 5.41) is 5.07. The Morgan fingerprint density at radius 1 is 1.21 bits per heavy atom. The molecule has 2 rings (SSSR count). The first-order valence-electron chi connectivity index (χ1n) is 5.70. The van der Waals surface area contributed by atoms with Gasteiger partial charge in [0.1, 0.15) is 0 Å². The number of rotatable bonds is 3. The van der Waals surface area contributed by atoms with Gasteiger partial charge >= 0.3 is 6.03 Å². The molecule has 0 fully saturated rings. The van der Waals surface area contributed by atoms with E-state index in [-0.39, 0.29) is 5.96 Å². The lowest BCUT2D eigenvalue weighted by atomic mass is 10.2. The van der Waals surface area contributed by atoms with Crippen LogP contribution in [0.3, 0.4) is 0 Å². The van der Waals surface area contributed by atoms with Crippen molar-refractivity contribution in [1.82, 2.24) is 10.6 Å². The fraction of sp³-hybridized carbons (Fsp3) is 0.0769. The molecule has 1 heterocycles. The van der Waals surface area contributed by atoms with Gasteiger partial charge in [0.05, 0.1) is 6.26 Å². The fourth-order valence-corrected chi connectivity index (χ4v) is 1.42. The Balaban J connectivity index is 1.81. The normalized spacial score (nSPS) is 11.1. The first kappa shape index (κ1) is 12.7. The molecule has 0 radical (unpaired) electrons. The van der Waals surface area contributed by atoms with Crippen molar-refractivity contribution in [2.45, 2.75) is 6.54 Å². The SMILES string of the molecule is NC(=Nc1ccco1)NC(=O)NCc1ccccc1. The van der Waals surface area contributed by atoms with Crippen molar-refractivity contribution >= 4 is 17.9 Å². The molecule has 0 saturated heterocycles. The molecular formula is C13H14N4O2. The molecule has 0 saturated carbocycles. The van der Waals surface area contributed by atoms with Crippen molar-refractivity contribution < 1.29 is 9.21 Å². The van der Waals surface area contributed by atoms with Gasteiger partial charge in [0.15, 0.2) is 0 Å². The molecule has 0 bridgehead atoms. The Morgan fingerprint density at radius 2 is 2.00 bits per heavy atom. The molecule has 2 amide bonds. The van der Waals surface area contributed by atoms with Gasteiger partial charge in [0.2, 0.25) is 11.8 Å². The van der Waals surface area contributed by atoms with Gasteiger partial charge in [-0.05, 0) is 11.6 Å². The van der Waals surface area contributed by atoms with Crippen LogP contribution < -0.4 is 16.4 Å². The number of carbonyl (C=O) groups excluding carboxylic acids is 1. The fourth-order valence-electron chi connectivity index (χ4n) is 1.42. The second-order valence-corrected chi connectivity index (χ2v) is 3.74. The zero-order valence-corrected chi connectivity index (χ0v) is 10.2. The summed E-state index contributed by atoms with van der Waals surface area (Å²) in [6.07, 6.45) is 1.47. The molecule has 0 unspecified atom stereocenters. The summed E-state index contributed by atoms with van der Waals surface area (Å²) in [7, 11) is 0. The number of hydrogen-bond donors (Lipinski definition) is 3. The minimum atomic E-state index is -0.420. The number of hydrogen-bond acceptors (Lipinski definition) is 3. The molecule has 0 spiro atoms. The lowest BCUT2D eigenvalue weighted by Gasteiger charge is -2.06. The van der Waals surface area contributed by atoms with Crippen molar-refractivity contribution in [2.75, 3.05) is 0 Å².